The number of fused-ring (bicyclic) bond motifs is 1. The monoisotopic (exact) mass is 606 g/mol. The van der Waals surface area contributed by atoms with Crippen molar-refractivity contribution in [2.75, 3.05) is 18.0 Å². The second kappa shape index (κ2) is 10.6. The molecule has 0 radical (unpaired) electrons. The molecule has 13 heteroatoms. The highest BCUT2D eigenvalue weighted by Gasteiger charge is 2.57. The lowest BCUT2D eigenvalue weighted by atomic mass is 9.90. The molecule has 2 fully saturated rings. The van der Waals surface area contributed by atoms with Gasteiger partial charge in [-0.3, -0.25) is 0 Å². The van der Waals surface area contributed by atoms with Gasteiger partial charge in [0.25, 0.3) is 0 Å². The smallest absolute Gasteiger partial charge is 0.335 e. The van der Waals surface area contributed by atoms with Gasteiger partial charge >= 0.3 is 12.0 Å². The Morgan fingerprint density at radius 1 is 1.12 bits per heavy atom. The predicted molar refractivity (Wildman–Crippen MR) is 151 cm³/mol. The number of imidazole rings is 1. The second-order valence-corrected chi connectivity index (χ2v) is 11.4. The van der Waals surface area contributed by atoms with Gasteiger partial charge in [-0.2, -0.15) is 4.98 Å². The van der Waals surface area contributed by atoms with E-state index in [1.54, 1.807) is 30.5 Å². The number of carbonyl (C=O) groups is 1. The van der Waals surface area contributed by atoms with Crippen molar-refractivity contribution in [1.29, 1.82) is 0 Å². The number of anilines is 1. The van der Waals surface area contributed by atoms with E-state index in [2.05, 4.69) is 15.0 Å². The topological polar surface area (TPSA) is 119 Å². The number of nitrogens with zero attached hydrogens (tertiary/aromatic N) is 6. The lowest BCUT2D eigenvalue weighted by molar-refractivity contribution is 0.0697. The lowest BCUT2D eigenvalue weighted by Crippen LogP contribution is -2.36. The fourth-order valence-corrected chi connectivity index (χ4v) is 6.19. The van der Waals surface area contributed by atoms with Crippen LogP contribution in [0.4, 0.5) is 14.6 Å². The molecule has 1 saturated carbocycles. The molecule has 1 aliphatic heterocycles. The SMILES string of the molecule is O=C(O)c1ccc2nc(C3CC34CCN(c3nc(OCc5ccc(Cl)cc5F)ncc3F)CC4)n(Cc3cocn3)c2c1. The quantitative estimate of drug-likeness (QED) is 0.232. The molecule has 10 nitrogen and oxygen atoms in total. The standard InChI is InChI=1S/C30H25ClF2N6O4/c31-19-3-1-18(22(32)10-19)14-43-29-34-12-23(33)27(37-29)38-7-5-30(6-8-38)11-21(30)26-36-24-4-2-17(28(40)41)9-25(24)39(26)13-20-15-42-16-35-20/h1-4,9-10,12,15-16,21H,5-8,11,13-14H2,(H,40,41). The lowest BCUT2D eigenvalue weighted by Gasteiger charge is -2.33. The van der Waals surface area contributed by atoms with Crippen molar-refractivity contribution in [3.63, 3.8) is 0 Å². The highest BCUT2D eigenvalue weighted by molar-refractivity contribution is 6.30. The third-order valence-corrected chi connectivity index (χ3v) is 8.70. The van der Waals surface area contributed by atoms with Crippen molar-refractivity contribution in [1.82, 2.24) is 24.5 Å². The summed E-state index contributed by atoms with van der Waals surface area (Å²) in [5, 5.41) is 9.83. The van der Waals surface area contributed by atoms with E-state index in [1.807, 2.05) is 9.47 Å². The summed E-state index contributed by atoms with van der Waals surface area (Å²) in [5.41, 5.74) is 2.62. The average molecular weight is 607 g/mol. The third-order valence-electron chi connectivity index (χ3n) is 8.46. The number of ether oxygens (including phenoxy) is 1. The van der Waals surface area contributed by atoms with Crippen LogP contribution in [0.2, 0.25) is 5.02 Å². The molecule has 4 heterocycles. The molecule has 5 aromatic rings. The summed E-state index contributed by atoms with van der Waals surface area (Å²) in [6.45, 7) is 1.42. The Morgan fingerprint density at radius 3 is 2.70 bits per heavy atom. The van der Waals surface area contributed by atoms with E-state index in [-0.39, 0.29) is 45.9 Å². The summed E-state index contributed by atoms with van der Waals surface area (Å²) in [7, 11) is 0. The molecule has 1 saturated heterocycles. The van der Waals surface area contributed by atoms with E-state index < -0.39 is 17.6 Å². The van der Waals surface area contributed by atoms with Gasteiger partial charge in [0.2, 0.25) is 0 Å². The van der Waals surface area contributed by atoms with Crippen LogP contribution >= 0.6 is 11.6 Å². The van der Waals surface area contributed by atoms with Crippen LogP contribution < -0.4 is 9.64 Å². The number of aromatic nitrogens is 5. The highest BCUT2D eigenvalue weighted by atomic mass is 35.5. The summed E-state index contributed by atoms with van der Waals surface area (Å²) < 4.78 is 41.8. The minimum atomic E-state index is -1.00. The van der Waals surface area contributed by atoms with E-state index >= 15 is 0 Å². The van der Waals surface area contributed by atoms with Crippen LogP contribution in [0.25, 0.3) is 11.0 Å². The van der Waals surface area contributed by atoms with Gasteiger partial charge in [0.1, 0.15) is 24.5 Å². The first kappa shape index (κ1) is 27.3. The molecular formula is C30H25ClF2N6O4. The number of oxazole rings is 1. The molecule has 220 valence electrons. The van der Waals surface area contributed by atoms with E-state index in [1.165, 1.54) is 18.5 Å². The first-order valence-corrected chi connectivity index (χ1v) is 14.1. The van der Waals surface area contributed by atoms with Crippen LogP contribution in [0.15, 0.2) is 59.7 Å². The van der Waals surface area contributed by atoms with Crippen LogP contribution in [-0.2, 0) is 13.2 Å². The molecule has 1 aliphatic carbocycles. The van der Waals surface area contributed by atoms with Crippen molar-refractivity contribution in [3.8, 4) is 6.01 Å². The van der Waals surface area contributed by atoms with Gasteiger partial charge in [-0.05, 0) is 55.0 Å². The maximum Gasteiger partial charge on any atom is 0.335 e. The Bertz CT molecular complexity index is 1840. The number of benzene rings is 2. The Balaban J connectivity index is 1.08. The Morgan fingerprint density at radius 2 is 1.95 bits per heavy atom. The van der Waals surface area contributed by atoms with Crippen molar-refractivity contribution >= 4 is 34.4 Å². The minimum Gasteiger partial charge on any atom is -0.478 e. The number of carboxylic acid groups (broad SMARTS) is 1. The number of rotatable bonds is 8. The Hall–Kier alpha value is -4.58. The van der Waals surface area contributed by atoms with Crippen molar-refractivity contribution in [2.24, 2.45) is 5.41 Å². The molecule has 1 N–H and O–H groups in total. The normalized spacial score (nSPS) is 17.5. The zero-order valence-electron chi connectivity index (χ0n) is 22.7. The molecule has 1 spiro atoms. The summed E-state index contributed by atoms with van der Waals surface area (Å²) >= 11 is 5.81. The fourth-order valence-electron chi connectivity index (χ4n) is 6.03. The van der Waals surface area contributed by atoms with E-state index in [0.29, 0.717) is 25.3 Å². The average Bonchev–Trinajstić information content (AvgIpc) is 3.30. The summed E-state index contributed by atoms with van der Waals surface area (Å²) in [6.07, 6.45) is 6.50. The minimum absolute atomic E-state index is 0.00990. The largest absolute Gasteiger partial charge is 0.478 e. The Labute approximate surface area is 248 Å². The van der Waals surface area contributed by atoms with E-state index in [4.69, 9.17) is 25.7 Å². The first-order chi connectivity index (χ1) is 20.8. The number of carboxylic acids is 1. The van der Waals surface area contributed by atoms with Crippen LogP contribution in [0.3, 0.4) is 0 Å². The zero-order chi connectivity index (χ0) is 29.7. The fraction of sp³-hybridized carbons (Fsp3) is 0.300. The van der Waals surface area contributed by atoms with E-state index in [9.17, 15) is 18.7 Å². The second-order valence-electron chi connectivity index (χ2n) is 11.0. The molecule has 2 aliphatic rings. The molecule has 1 unspecified atom stereocenters. The van der Waals surface area contributed by atoms with Gasteiger partial charge < -0.3 is 23.7 Å². The maximum atomic E-state index is 14.9. The highest BCUT2D eigenvalue weighted by Crippen LogP contribution is 2.65. The number of aromatic carboxylic acids is 1. The number of hydrogen-bond donors (Lipinski definition) is 1. The van der Waals surface area contributed by atoms with Crippen molar-refractivity contribution in [3.05, 3.63) is 94.6 Å². The molecule has 1 atom stereocenters. The van der Waals surface area contributed by atoms with Gasteiger partial charge in [-0.25, -0.2) is 28.5 Å². The van der Waals surface area contributed by atoms with Crippen LogP contribution in [0.5, 0.6) is 6.01 Å². The van der Waals surface area contributed by atoms with E-state index in [0.717, 1.165) is 42.3 Å². The number of piperidine rings is 1. The van der Waals surface area contributed by atoms with Crippen LogP contribution in [-0.4, -0.2) is 48.7 Å². The van der Waals surface area contributed by atoms with Crippen molar-refractivity contribution in [2.45, 2.75) is 38.3 Å². The summed E-state index contributed by atoms with van der Waals surface area (Å²) in [6, 6.07) is 9.17. The van der Waals surface area contributed by atoms with Gasteiger partial charge in [0, 0.05) is 29.6 Å². The van der Waals surface area contributed by atoms with Gasteiger partial charge in [-0.1, -0.05) is 17.7 Å². The van der Waals surface area contributed by atoms with Gasteiger partial charge in [0.15, 0.2) is 18.0 Å². The summed E-state index contributed by atoms with van der Waals surface area (Å²) in [5.74, 6) is -0.884. The predicted octanol–water partition coefficient (Wildman–Crippen LogP) is 5.85. The molecule has 0 bridgehead atoms. The third kappa shape index (κ3) is 5.16. The molecule has 43 heavy (non-hydrogen) atoms. The maximum absolute atomic E-state index is 14.9. The van der Waals surface area contributed by atoms with Crippen LogP contribution in [0.1, 0.15) is 52.6 Å². The van der Waals surface area contributed by atoms with Crippen LogP contribution in [0, 0.1) is 17.0 Å². The zero-order valence-corrected chi connectivity index (χ0v) is 23.5. The van der Waals surface area contributed by atoms with Gasteiger partial charge in [-0.15, -0.1) is 0 Å². The van der Waals surface area contributed by atoms with Crippen molar-refractivity contribution < 1.29 is 27.8 Å². The molecule has 0 amide bonds. The Kier molecular flexibility index (Phi) is 6.72. The summed E-state index contributed by atoms with van der Waals surface area (Å²) in [4.78, 5) is 31.0. The molecule has 2 aromatic carbocycles. The number of hydrogen-bond acceptors (Lipinski definition) is 8. The number of halogens is 3. The molecule has 7 rings (SSSR count). The molecule has 3 aromatic heterocycles. The first-order valence-electron chi connectivity index (χ1n) is 13.7. The van der Waals surface area contributed by atoms with Gasteiger partial charge in [0.05, 0.1) is 35.0 Å². The molecular weight excluding hydrogens is 582 g/mol.